The lowest BCUT2D eigenvalue weighted by molar-refractivity contribution is -0.143. The summed E-state index contributed by atoms with van der Waals surface area (Å²) in [4.78, 5) is 45.5. The third kappa shape index (κ3) is 4.07. The Morgan fingerprint density at radius 1 is 0.974 bits per heavy atom. The van der Waals surface area contributed by atoms with Crippen molar-refractivity contribution in [1.29, 1.82) is 0 Å². The molecule has 3 heterocycles. The summed E-state index contributed by atoms with van der Waals surface area (Å²) in [6, 6.07) is 12.5. The summed E-state index contributed by atoms with van der Waals surface area (Å²) in [7, 11) is 1.50. The van der Waals surface area contributed by atoms with E-state index in [1.165, 1.54) is 38.4 Å². The van der Waals surface area contributed by atoms with Crippen LogP contribution in [0.1, 0.15) is 30.4 Å². The molecular weight excluding hydrogens is 520 g/mol. The van der Waals surface area contributed by atoms with Crippen LogP contribution in [0.3, 0.4) is 0 Å². The number of amides is 2. The number of para-hydroxylation sites is 1. The van der Waals surface area contributed by atoms with E-state index in [0.29, 0.717) is 30.9 Å². The van der Waals surface area contributed by atoms with Gasteiger partial charge in [0, 0.05) is 50.0 Å². The summed E-state index contributed by atoms with van der Waals surface area (Å²) in [5.74, 6) is -2.88. The zero-order valence-electron chi connectivity index (χ0n) is 22.3. The first-order valence-corrected chi connectivity index (χ1v) is 14.4. The fraction of sp³-hybridized carbons (Fsp3) is 0.393. The smallest absolute Gasteiger partial charge is 0.296 e. The van der Waals surface area contributed by atoms with Gasteiger partial charge in [-0.25, -0.2) is 8.42 Å². The molecule has 1 spiro atoms. The van der Waals surface area contributed by atoms with E-state index in [0.717, 1.165) is 19.3 Å². The minimum absolute atomic E-state index is 0.0733. The Balaban J connectivity index is 1.65. The lowest BCUT2D eigenvalue weighted by Crippen LogP contribution is -2.52. The number of Topliss-reactive ketones (excluding diaryl/α,β-unsaturated/α-hetero) is 1. The molecule has 0 saturated carbocycles. The number of likely N-dealkylation sites (N-methyl/N-ethyl adjacent to an activating group) is 2. The molecule has 3 aliphatic heterocycles. The summed E-state index contributed by atoms with van der Waals surface area (Å²) < 4.78 is 27.7. The Morgan fingerprint density at radius 2 is 1.62 bits per heavy atom. The second-order valence-corrected chi connectivity index (χ2v) is 12.3. The number of ketones is 1. The highest BCUT2D eigenvalue weighted by atomic mass is 32.2. The highest BCUT2D eigenvalue weighted by molar-refractivity contribution is 7.89. The molecule has 0 bridgehead atoms. The molecule has 39 heavy (non-hydrogen) atoms. The van der Waals surface area contributed by atoms with Crippen molar-refractivity contribution in [2.75, 3.05) is 52.2 Å². The summed E-state index contributed by atoms with van der Waals surface area (Å²) >= 11 is 0. The van der Waals surface area contributed by atoms with Crippen molar-refractivity contribution < 1.29 is 27.9 Å². The summed E-state index contributed by atoms with van der Waals surface area (Å²) in [6.45, 7) is 1.37. The molecule has 11 heteroatoms. The first-order valence-electron chi connectivity index (χ1n) is 13.0. The van der Waals surface area contributed by atoms with E-state index < -0.39 is 38.9 Å². The average Bonchev–Trinajstić information content (AvgIpc) is 3.30. The lowest BCUT2D eigenvalue weighted by atomic mass is 9.82. The molecule has 2 amide bonds. The number of carbonyl (C=O) groups is 3. The fourth-order valence-corrected chi connectivity index (χ4v) is 7.27. The van der Waals surface area contributed by atoms with E-state index in [4.69, 9.17) is 0 Å². The zero-order valence-corrected chi connectivity index (χ0v) is 23.1. The number of hydrogen-bond acceptors (Lipinski definition) is 7. The number of rotatable bonds is 6. The molecule has 0 aromatic heterocycles. The van der Waals surface area contributed by atoms with Crippen LogP contribution in [0, 0.1) is 0 Å². The summed E-state index contributed by atoms with van der Waals surface area (Å²) in [5, 5.41) is 11.5. The van der Waals surface area contributed by atoms with Crippen molar-refractivity contribution in [3.05, 3.63) is 65.2 Å². The summed E-state index contributed by atoms with van der Waals surface area (Å²) in [5.41, 5.74) is -1.05. The third-order valence-corrected chi connectivity index (χ3v) is 9.70. The molecule has 1 atom stereocenters. The third-order valence-electron chi connectivity index (χ3n) is 7.79. The largest absolute Gasteiger partial charge is 0.507 e. The maximum Gasteiger partial charge on any atom is 0.296 e. The standard InChI is InChI=1S/C28H32N4O6S/c1-29(2)17-18-32-26(35)25(34)23(28(32)21-9-5-6-10-22(21)30(3)27(28)36)24(33)19-11-13-20(14-12-19)39(37,38)31-15-7-4-8-16-31/h5-6,9-14,33H,4,7-8,15-18H2,1-3H3/b24-23+. The number of fused-ring (bicyclic) bond motifs is 2. The van der Waals surface area contributed by atoms with E-state index in [1.807, 2.05) is 19.0 Å². The number of aliphatic hydroxyl groups is 1. The van der Waals surface area contributed by atoms with Crippen LogP contribution in [0.2, 0.25) is 0 Å². The van der Waals surface area contributed by atoms with Crippen LogP contribution >= 0.6 is 0 Å². The predicted octanol–water partition coefficient (Wildman–Crippen LogP) is 1.98. The van der Waals surface area contributed by atoms with Gasteiger partial charge in [-0.2, -0.15) is 4.31 Å². The number of likely N-dealkylation sites (tertiary alicyclic amines) is 1. The molecule has 206 valence electrons. The molecule has 3 aliphatic rings. The first-order chi connectivity index (χ1) is 18.5. The Kier molecular flexibility index (Phi) is 6.86. The van der Waals surface area contributed by atoms with Gasteiger partial charge in [0.25, 0.3) is 17.6 Å². The Hall–Kier alpha value is -3.54. The number of anilines is 1. The molecule has 1 unspecified atom stereocenters. The van der Waals surface area contributed by atoms with Crippen molar-refractivity contribution in [2.45, 2.75) is 29.7 Å². The lowest BCUT2D eigenvalue weighted by Gasteiger charge is -2.34. The van der Waals surface area contributed by atoms with Crippen molar-refractivity contribution in [2.24, 2.45) is 0 Å². The number of sulfonamides is 1. The minimum Gasteiger partial charge on any atom is -0.507 e. The number of hydrogen-bond donors (Lipinski definition) is 1. The second kappa shape index (κ2) is 9.89. The summed E-state index contributed by atoms with van der Waals surface area (Å²) in [6.07, 6.45) is 2.59. The number of nitrogens with zero attached hydrogens (tertiary/aromatic N) is 4. The molecule has 0 radical (unpaired) electrons. The van der Waals surface area contributed by atoms with Crippen LogP contribution in [0.4, 0.5) is 5.69 Å². The highest BCUT2D eigenvalue weighted by Crippen LogP contribution is 2.53. The molecular formula is C28H32N4O6S. The highest BCUT2D eigenvalue weighted by Gasteiger charge is 2.66. The normalized spacial score (nSPS) is 23.3. The van der Waals surface area contributed by atoms with Crippen molar-refractivity contribution >= 4 is 39.1 Å². The number of aliphatic hydroxyl groups excluding tert-OH is 1. The topological polar surface area (TPSA) is 119 Å². The van der Waals surface area contributed by atoms with Gasteiger partial charge in [0.15, 0.2) is 5.54 Å². The number of carbonyl (C=O) groups excluding carboxylic acids is 3. The van der Waals surface area contributed by atoms with Crippen LogP contribution < -0.4 is 4.90 Å². The van der Waals surface area contributed by atoms with Crippen molar-refractivity contribution in [3.8, 4) is 0 Å². The van der Waals surface area contributed by atoms with Gasteiger partial charge in [-0.3, -0.25) is 14.4 Å². The van der Waals surface area contributed by atoms with Gasteiger partial charge >= 0.3 is 0 Å². The van der Waals surface area contributed by atoms with E-state index in [2.05, 4.69) is 0 Å². The molecule has 2 aromatic carbocycles. The average molecular weight is 553 g/mol. The fourth-order valence-electron chi connectivity index (χ4n) is 5.75. The van der Waals surface area contributed by atoms with Crippen LogP contribution in [-0.2, 0) is 29.9 Å². The van der Waals surface area contributed by atoms with Gasteiger partial charge in [-0.05, 0) is 57.3 Å². The van der Waals surface area contributed by atoms with Crippen LogP contribution in [0.25, 0.3) is 5.76 Å². The van der Waals surface area contributed by atoms with Gasteiger partial charge in [-0.1, -0.05) is 24.6 Å². The molecule has 2 aromatic rings. The maximum atomic E-state index is 14.0. The number of piperidine rings is 1. The van der Waals surface area contributed by atoms with Crippen LogP contribution in [0.15, 0.2) is 59.0 Å². The zero-order chi connectivity index (χ0) is 28.1. The van der Waals surface area contributed by atoms with Gasteiger partial charge in [0.05, 0.1) is 10.5 Å². The SMILES string of the molecule is CN(C)CCN1C(=O)C(=O)/C(=C(\O)c2ccc(S(=O)(=O)N3CCCCC3)cc2)C12C(=O)N(C)c1ccccc12. The van der Waals surface area contributed by atoms with Gasteiger partial charge in [-0.15, -0.1) is 0 Å². The van der Waals surface area contributed by atoms with Gasteiger partial charge < -0.3 is 19.8 Å². The van der Waals surface area contributed by atoms with E-state index in [1.54, 1.807) is 31.3 Å². The first kappa shape index (κ1) is 27.0. The Bertz CT molecular complexity index is 1480. The minimum atomic E-state index is -3.70. The number of benzene rings is 2. The molecule has 1 N–H and O–H groups in total. The Morgan fingerprint density at radius 3 is 2.26 bits per heavy atom. The van der Waals surface area contributed by atoms with E-state index in [-0.39, 0.29) is 22.6 Å². The molecule has 2 saturated heterocycles. The monoisotopic (exact) mass is 552 g/mol. The van der Waals surface area contributed by atoms with Gasteiger partial charge in [0.1, 0.15) is 5.76 Å². The van der Waals surface area contributed by atoms with Gasteiger partial charge in [0.2, 0.25) is 10.0 Å². The van der Waals surface area contributed by atoms with Crippen LogP contribution in [0.5, 0.6) is 0 Å². The van der Waals surface area contributed by atoms with E-state index >= 15 is 0 Å². The molecule has 5 rings (SSSR count). The van der Waals surface area contributed by atoms with Crippen LogP contribution in [-0.4, -0.2) is 92.5 Å². The molecule has 2 fully saturated rings. The van der Waals surface area contributed by atoms with Crippen molar-refractivity contribution in [3.63, 3.8) is 0 Å². The van der Waals surface area contributed by atoms with Crippen molar-refractivity contribution in [1.82, 2.24) is 14.1 Å². The second-order valence-electron chi connectivity index (χ2n) is 10.4. The molecule has 0 aliphatic carbocycles. The maximum absolute atomic E-state index is 14.0. The predicted molar refractivity (Wildman–Crippen MR) is 145 cm³/mol. The molecule has 10 nitrogen and oxygen atoms in total. The van der Waals surface area contributed by atoms with E-state index in [9.17, 15) is 27.9 Å². The Labute approximate surface area is 228 Å². The quantitative estimate of drug-likeness (QED) is 0.331.